The minimum absolute atomic E-state index is 0.0180. The van der Waals surface area contributed by atoms with Crippen molar-refractivity contribution in [3.63, 3.8) is 0 Å². The summed E-state index contributed by atoms with van der Waals surface area (Å²) in [6, 6.07) is 21.0. The maximum absolute atomic E-state index is 10.8. The number of nitrogens with zero attached hydrogens (tertiary/aromatic N) is 2. The Kier molecular flexibility index (Phi) is 5.22. The number of aryl methyl sites for hydroxylation is 1. The van der Waals surface area contributed by atoms with Gasteiger partial charge in [0.15, 0.2) is 5.96 Å². The fraction of sp³-hybridized carbons (Fsp3) is 0.0909. The van der Waals surface area contributed by atoms with Crippen LogP contribution in [0.25, 0.3) is 11.1 Å². The highest BCUT2D eigenvalue weighted by atomic mass is 16.3. The molecule has 3 aromatic carbocycles. The van der Waals surface area contributed by atoms with Crippen LogP contribution in [0.4, 0.5) is 11.4 Å². The first-order chi connectivity index (χ1) is 13.0. The van der Waals surface area contributed by atoms with Crippen LogP contribution in [0.2, 0.25) is 0 Å². The third kappa shape index (κ3) is 4.15. The Morgan fingerprint density at radius 2 is 1.63 bits per heavy atom. The fourth-order valence-electron chi connectivity index (χ4n) is 2.91. The van der Waals surface area contributed by atoms with Gasteiger partial charge in [-0.05, 0) is 49.2 Å². The van der Waals surface area contributed by atoms with Gasteiger partial charge in [-0.1, -0.05) is 42.5 Å². The number of benzene rings is 3. The first kappa shape index (κ1) is 18.2. The van der Waals surface area contributed by atoms with E-state index in [9.17, 15) is 5.11 Å². The molecular formula is C22H22N4O. The van der Waals surface area contributed by atoms with Gasteiger partial charge in [-0.3, -0.25) is 4.99 Å². The number of para-hydroxylation sites is 1. The van der Waals surface area contributed by atoms with Gasteiger partial charge in [0.1, 0.15) is 5.75 Å². The Labute approximate surface area is 158 Å². The van der Waals surface area contributed by atoms with E-state index in [1.54, 1.807) is 6.07 Å². The van der Waals surface area contributed by atoms with E-state index < -0.39 is 0 Å². The van der Waals surface area contributed by atoms with Gasteiger partial charge in [-0.15, -0.1) is 0 Å². The minimum atomic E-state index is 0.0180. The number of guanidine groups is 1. The summed E-state index contributed by atoms with van der Waals surface area (Å²) in [5.41, 5.74) is 16.4. The quantitative estimate of drug-likeness (QED) is 0.476. The van der Waals surface area contributed by atoms with Gasteiger partial charge in [0.2, 0.25) is 0 Å². The molecule has 0 heterocycles. The predicted molar refractivity (Wildman–Crippen MR) is 112 cm³/mol. The number of nitrogens with two attached hydrogens (primary N) is 2. The summed E-state index contributed by atoms with van der Waals surface area (Å²) in [6.45, 7) is 3.82. The van der Waals surface area contributed by atoms with E-state index in [0.29, 0.717) is 11.3 Å². The Morgan fingerprint density at radius 3 is 2.30 bits per heavy atom. The van der Waals surface area contributed by atoms with Crippen molar-refractivity contribution in [2.75, 3.05) is 0 Å². The molecule has 0 radical (unpaired) electrons. The van der Waals surface area contributed by atoms with E-state index in [1.165, 1.54) is 0 Å². The maximum atomic E-state index is 10.8. The molecular weight excluding hydrogens is 336 g/mol. The molecule has 0 atom stereocenters. The number of hydrogen-bond donors (Lipinski definition) is 3. The van der Waals surface area contributed by atoms with Crippen LogP contribution in [0.1, 0.15) is 18.1 Å². The molecule has 0 aliphatic heterocycles. The molecule has 0 aliphatic rings. The zero-order valence-electron chi connectivity index (χ0n) is 15.3. The van der Waals surface area contributed by atoms with Gasteiger partial charge < -0.3 is 16.6 Å². The summed E-state index contributed by atoms with van der Waals surface area (Å²) in [5.74, 6) is 0.240. The van der Waals surface area contributed by atoms with Crippen LogP contribution >= 0.6 is 0 Å². The normalized spacial score (nSPS) is 11.3. The summed E-state index contributed by atoms with van der Waals surface area (Å²) in [6.07, 6.45) is 0. The average Bonchev–Trinajstić information content (AvgIpc) is 2.64. The van der Waals surface area contributed by atoms with Gasteiger partial charge in [-0.25, -0.2) is 4.99 Å². The van der Waals surface area contributed by atoms with E-state index in [-0.39, 0.29) is 11.7 Å². The van der Waals surface area contributed by atoms with Crippen molar-refractivity contribution in [2.45, 2.75) is 13.8 Å². The van der Waals surface area contributed by atoms with Crippen molar-refractivity contribution in [1.29, 1.82) is 0 Å². The Hall–Kier alpha value is -3.60. The van der Waals surface area contributed by atoms with E-state index in [4.69, 9.17) is 16.5 Å². The van der Waals surface area contributed by atoms with Crippen LogP contribution in [0.15, 0.2) is 76.7 Å². The molecule has 5 heteroatoms. The van der Waals surface area contributed by atoms with Crippen molar-refractivity contribution < 1.29 is 5.11 Å². The van der Waals surface area contributed by atoms with Gasteiger partial charge >= 0.3 is 0 Å². The highest BCUT2D eigenvalue weighted by Gasteiger charge is 2.11. The molecule has 0 aliphatic carbocycles. The highest BCUT2D eigenvalue weighted by molar-refractivity contribution is 6.04. The van der Waals surface area contributed by atoms with Crippen LogP contribution in [-0.2, 0) is 0 Å². The number of hydrogen-bond acceptors (Lipinski definition) is 3. The number of rotatable bonds is 4. The Morgan fingerprint density at radius 1 is 0.889 bits per heavy atom. The lowest BCUT2D eigenvalue weighted by Gasteiger charge is -2.11. The molecule has 0 amide bonds. The molecule has 3 aromatic rings. The topological polar surface area (TPSA) is 97.0 Å². The molecule has 0 saturated heterocycles. The van der Waals surface area contributed by atoms with Crippen LogP contribution in [0.5, 0.6) is 5.75 Å². The third-order valence-corrected chi connectivity index (χ3v) is 4.24. The summed E-state index contributed by atoms with van der Waals surface area (Å²) in [5, 5.41) is 10.8. The molecule has 0 saturated carbocycles. The van der Waals surface area contributed by atoms with Gasteiger partial charge in [0.05, 0.1) is 11.4 Å². The molecule has 27 heavy (non-hydrogen) atoms. The van der Waals surface area contributed by atoms with E-state index in [0.717, 1.165) is 28.1 Å². The van der Waals surface area contributed by atoms with Crippen molar-refractivity contribution in [1.82, 2.24) is 0 Å². The SMILES string of the molecule is CC(=Nc1ccc(N=C(N)N)cc1C)c1cccc(-c2ccccc2)c1O. The average molecular weight is 358 g/mol. The van der Waals surface area contributed by atoms with Crippen LogP contribution in [-0.4, -0.2) is 16.8 Å². The highest BCUT2D eigenvalue weighted by Crippen LogP contribution is 2.33. The molecule has 0 unspecified atom stereocenters. The zero-order valence-corrected chi connectivity index (χ0v) is 15.3. The van der Waals surface area contributed by atoms with Crippen molar-refractivity contribution in [2.24, 2.45) is 21.5 Å². The van der Waals surface area contributed by atoms with Gasteiger partial charge in [-0.2, -0.15) is 0 Å². The monoisotopic (exact) mass is 358 g/mol. The van der Waals surface area contributed by atoms with Gasteiger partial charge in [0.25, 0.3) is 0 Å². The molecule has 3 rings (SSSR count). The summed E-state index contributed by atoms with van der Waals surface area (Å²) < 4.78 is 0. The predicted octanol–water partition coefficient (Wildman–Crippen LogP) is 4.41. The first-order valence-electron chi connectivity index (χ1n) is 8.59. The van der Waals surface area contributed by atoms with E-state index >= 15 is 0 Å². The van der Waals surface area contributed by atoms with Crippen molar-refractivity contribution in [3.05, 3.63) is 77.9 Å². The van der Waals surface area contributed by atoms with E-state index in [2.05, 4.69) is 4.99 Å². The smallest absolute Gasteiger partial charge is 0.191 e. The summed E-state index contributed by atoms with van der Waals surface area (Å²) in [7, 11) is 0. The van der Waals surface area contributed by atoms with Crippen molar-refractivity contribution in [3.8, 4) is 16.9 Å². The standard InChI is InChI=1S/C22H22N4O/c1-14-13-17(26-22(23)24)11-12-20(14)25-15(2)18-9-6-10-19(21(18)27)16-7-4-3-5-8-16/h3-13,27H,1-2H3,(H4,23,24,26). The van der Waals surface area contributed by atoms with Crippen LogP contribution in [0.3, 0.4) is 0 Å². The summed E-state index contributed by atoms with van der Waals surface area (Å²) in [4.78, 5) is 8.73. The molecule has 0 spiro atoms. The first-order valence-corrected chi connectivity index (χ1v) is 8.59. The molecule has 0 fully saturated rings. The second kappa shape index (κ2) is 7.74. The van der Waals surface area contributed by atoms with Crippen LogP contribution in [0, 0.1) is 6.92 Å². The molecule has 5 nitrogen and oxygen atoms in total. The lowest BCUT2D eigenvalue weighted by Crippen LogP contribution is -2.21. The second-order valence-electron chi connectivity index (χ2n) is 6.27. The molecule has 5 N–H and O–H groups in total. The van der Waals surface area contributed by atoms with Gasteiger partial charge in [0, 0.05) is 16.8 Å². The van der Waals surface area contributed by atoms with Crippen LogP contribution < -0.4 is 11.5 Å². The van der Waals surface area contributed by atoms with E-state index in [1.807, 2.05) is 74.5 Å². The number of phenolic OH excluding ortho intramolecular Hbond substituents is 1. The lowest BCUT2D eigenvalue weighted by molar-refractivity contribution is 0.476. The zero-order chi connectivity index (χ0) is 19.4. The van der Waals surface area contributed by atoms with Crippen molar-refractivity contribution >= 4 is 23.0 Å². The maximum Gasteiger partial charge on any atom is 0.191 e. The fourth-order valence-corrected chi connectivity index (χ4v) is 2.91. The number of phenols is 1. The molecule has 0 bridgehead atoms. The minimum Gasteiger partial charge on any atom is -0.507 e. The third-order valence-electron chi connectivity index (χ3n) is 4.24. The lowest BCUT2D eigenvalue weighted by atomic mass is 9.99. The number of aromatic hydroxyl groups is 1. The second-order valence-corrected chi connectivity index (χ2v) is 6.27. The number of aliphatic imine (C=N–C) groups is 2. The molecule has 136 valence electrons. The Bertz CT molecular complexity index is 1020. The summed E-state index contributed by atoms with van der Waals surface area (Å²) >= 11 is 0. The molecule has 0 aromatic heterocycles. The Balaban J connectivity index is 1.99. The largest absolute Gasteiger partial charge is 0.507 e.